The SMILES string of the molecule is CCc1ccc(S(=O)(=O)N2CCC(C(=O)NCC3CCCO3)CC2)s1. The van der Waals surface area contributed by atoms with Crippen LogP contribution in [0.5, 0.6) is 0 Å². The fraction of sp³-hybridized carbons (Fsp3) is 0.706. The topological polar surface area (TPSA) is 75.7 Å². The number of piperidine rings is 1. The lowest BCUT2D eigenvalue weighted by atomic mass is 9.97. The molecule has 2 saturated heterocycles. The van der Waals surface area contributed by atoms with Gasteiger partial charge in [-0.25, -0.2) is 8.42 Å². The highest BCUT2D eigenvalue weighted by Crippen LogP contribution is 2.28. The molecule has 0 saturated carbocycles. The van der Waals surface area contributed by atoms with Crippen molar-refractivity contribution in [3.63, 3.8) is 0 Å². The van der Waals surface area contributed by atoms with E-state index in [9.17, 15) is 13.2 Å². The third-order valence-corrected chi connectivity index (χ3v) is 8.53. The van der Waals surface area contributed by atoms with Crippen molar-refractivity contribution in [1.82, 2.24) is 9.62 Å². The van der Waals surface area contributed by atoms with Crippen LogP contribution in [0.2, 0.25) is 0 Å². The summed E-state index contributed by atoms with van der Waals surface area (Å²) in [5.41, 5.74) is 0. The molecule has 8 heteroatoms. The fourth-order valence-electron chi connectivity index (χ4n) is 3.34. The molecule has 1 amide bonds. The summed E-state index contributed by atoms with van der Waals surface area (Å²) in [4.78, 5) is 13.4. The molecule has 1 N–H and O–H groups in total. The zero-order chi connectivity index (χ0) is 17.9. The largest absolute Gasteiger partial charge is 0.376 e. The first-order valence-corrected chi connectivity index (χ1v) is 11.2. The van der Waals surface area contributed by atoms with Crippen LogP contribution in [0.4, 0.5) is 0 Å². The van der Waals surface area contributed by atoms with E-state index in [0.29, 0.717) is 36.7 Å². The Labute approximate surface area is 153 Å². The van der Waals surface area contributed by atoms with Gasteiger partial charge in [0, 0.05) is 37.0 Å². The van der Waals surface area contributed by atoms with Crippen LogP contribution < -0.4 is 5.32 Å². The van der Waals surface area contributed by atoms with Gasteiger partial charge in [-0.2, -0.15) is 4.31 Å². The molecule has 0 aromatic carbocycles. The summed E-state index contributed by atoms with van der Waals surface area (Å²) < 4.78 is 32.9. The normalized spacial score (nSPS) is 23.0. The summed E-state index contributed by atoms with van der Waals surface area (Å²) in [7, 11) is -3.43. The Kier molecular flexibility index (Phi) is 6.14. The molecule has 0 spiro atoms. The molecule has 1 atom stereocenters. The number of nitrogens with one attached hydrogen (secondary N) is 1. The monoisotopic (exact) mass is 386 g/mol. The standard InChI is InChI=1S/C17H26N2O4S2/c1-2-15-5-6-16(24-15)25(21,22)19-9-7-13(8-10-19)17(20)18-12-14-4-3-11-23-14/h5-6,13-14H,2-4,7-12H2,1H3,(H,18,20). The van der Waals surface area contributed by atoms with Crippen LogP contribution in [0.25, 0.3) is 0 Å². The second-order valence-electron chi connectivity index (χ2n) is 6.63. The van der Waals surface area contributed by atoms with Gasteiger partial charge in [-0.05, 0) is 44.2 Å². The number of hydrogen-bond donors (Lipinski definition) is 1. The Balaban J connectivity index is 1.51. The highest BCUT2D eigenvalue weighted by molar-refractivity contribution is 7.91. The molecule has 1 aromatic rings. The van der Waals surface area contributed by atoms with Crippen LogP contribution in [0.15, 0.2) is 16.3 Å². The van der Waals surface area contributed by atoms with E-state index >= 15 is 0 Å². The van der Waals surface area contributed by atoms with Crippen molar-refractivity contribution >= 4 is 27.3 Å². The van der Waals surface area contributed by atoms with E-state index in [4.69, 9.17) is 4.74 Å². The zero-order valence-corrected chi connectivity index (χ0v) is 16.2. The maximum absolute atomic E-state index is 12.7. The van der Waals surface area contributed by atoms with Gasteiger partial charge in [-0.1, -0.05) is 6.92 Å². The summed E-state index contributed by atoms with van der Waals surface area (Å²) in [5.74, 6) is -0.0840. The Morgan fingerprint density at radius 2 is 2.08 bits per heavy atom. The first-order valence-electron chi connectivity index (χ1n) is 8.99. The van der Waals surface area contributed by atoms with Crippen molar-refractivity contribution in [1.29, 1.82) is 0 Å². The molecule has 2 aliphatic rings. The Morgan fingerprint density at radius 1 is 1.32 bits per heavy atom. The average Bonchev–Trinajstić information content (AvgIpc) is 3.31. The molecule has 0 bridgehead atoms. The summed E-state index contributed by atoms with van der Waals surface area (Å²) in [6.07, 6.45) is 4.17. The lowest BCUT2D eigenvalue weighted by Crippen LogP contribution is -2.44. The predicted octanol–water partition coefficient (Wildman–Crippen LogP) is 2.01. The van der Waals surface area contributed by atoms with Gasteiger partial charge in [0.05, 0.1) is 6.10 Å². The number of nitrogens with zero attached hydrogens (tertiary/aromatic N) is 1. The van der Waals surface area contributed by atoms with Crippen molar-refractivity contribution in [2.45, 2.75) is 49.3 Å². The van der Waals surface area contributed by atoms with E-state index in [1.54, 1.807) is 6.07 Å². The third kappa shape index (κ3) is 4.42. The Morgan fingerprint density at radius 3 is 2.68 bits per heavy atom. The number of carbonyl (C=O) groups is 1. The molecular weight excluding hydrogens is 360 g/mol. The molecule has 0 aliphatic carbocycles. The number of hydrogen-bond acceptors (Lipinski definition) is 5. The predicted molar refractivity (Wildman–Crippen MR) is 97.2 cm³/mol. The smallest absolute Gasteiger partial charge is 0.252 e. The number of rotatable bonds is 6. The lowest BCUT2D eigenvalue weighted by Gasteiger charge is -2.30. The van der Waals surface area contributed by atoms with Crippen LogP contribution in [0.1, 0.15) is 37.5 Å². The molecular formula is C17H26N2O4S2. The zero-order valence-electron chi connectivity index (χ0n) is 14.6. The number of amides is 1. The van der Waals surface area contributed by atoms with Crippen molar-refractivity contribution in [2.24, 2.45) is 5.92 Å². The molecule has 6 nitrogen and oxygen atoms in total. The van der Waals surface area contributed by atoms with Crippen LogP contribution in [0, 0.1) is 5.92 Å². The van der Waals surface area contributed by atoms with E-state index in [2.05, 4.69) is 5.32 Å². The number of ether oxygens (including phenoxy) is 1. The number of thiophene rings is 1. The van der Waals surface area contributed by atoms with Gasteiger partial charge in [0.1, 0.15) is 4.21 Å². The van der Waals surface area contributed by atoms with Gasteiger partial charge >= 0.3 is 0 Å². The van der Waals surface area contributed by atoms with Crippen molar-refractivity contribution in [3.8, 4) is 0 Å². The second-order valence-corrected chi connectivity index (χ2v) is 9.97. The van der Waals surface area contributed by atoms with Crippen LogP contribution in [0.3, 0.4) is 0 Å². The number of aryl methyl sites for hydroxylation is 1. The Hall–Kier alpha value is -0.960. The van der Waals surface area contributed by atoms with Crippen molar-refractivity contribution in [3.05, 3.63) is 17.0 Å². The molecule has 3 heterocycles. The van der Waals surface area contributed by atoms with E-state index < -0.39 is 10.0 Å². The molecule has 25 heavy (non-hydrogen) atoms. The van der Waals surface area contributed by atoms with Crippen LogP contribution in [-0.2, 0) is 26.0 Å². The van der Waals surface area contributed by atoms with E-state index in [1.165, 1.54) is 15.6 Å². The summed E-state index contributed by atoms with van der Waals surface area (Å²) >= 11 is 1.34. The van der Waals surface area contributed by atoms with Gasteiger partial charge in [0.2, 0.25) is 5.91 Å². The number of sulfonamides is 1. The molecule has 2 aliphatic heterocycles. The average molecular weight is 387 g/mol. The van der Waals surface area contributed by atoms with E-state index in [1.807, 2.05) is 13.0 Å². The minimum absolute atomic E-state index is 0.0249. The fourth-order valence-corrected chi connectivity index (χ4v) is 6.26. The molecule has 1 aromatic heterocycles. The van der Waals surface area contributed by atoms with Crippen molar-refractivity contribution in [2.75, 3.05) is 26.2 Å². The van der Waals surface area contributed by atoms with E-state index in [-0.39, 0.29) is 17.9 Å². The minimum Gasteiger partial charge on any atom is -0.376 e. The Bertz CT molecular complexity index is 687. The maximum Gasteiger partial charge on any atom is 0.252 e. The van der Waals surface area contributed by atoms with Gasteiger partial charge in [0.15, 0.2) is 0 Å². The lowest BCUT2D eigenvalue weighted by molar-refractivity contribution is -0.126. The highest BCUT2D eigenvalue weighted by atomic mass is 32.2. The molecule has 2 fully saturated rings. The quantitative estimate of drug-likeness (QED) is 0.811. The van der Waals surface area contributed by atoms with Gasteiger partial charge in [-0.15, -0.1) is 11.3 Å². The summed E-state index contributed by atoms with van der Waals surface area (Å²) in [6, 6.07) is 3.57. The number of carbonyl (C=O) groups excluding carboxylic acids is 1. The second kappa shape index (κ2) is 8.16. The molecule has 140 valence electrons. The van der Waals surface area contributed by atoms with Gasteiger partial charge in [0.25, 0.3) is 10.0 Å². The summed E-state index contributed by atoms with van der Waals surface area (Å²) in [6.45, 7) is 4.16. The van der Waals surface area contributed by atoms with E-state index in [0.717, 1.165) is 30.7 Å². The molecule has 0 radical (unpaired) electrons. The van der Waals surface area contributed by atoms with Crippen LogP contribution in [-0.4, -0.2) is 51.0 Å². The first-order chi connectivity index (χ1) is 12.0. The minimum atomic E-state index is -3.43. The molecule has 1 unspecified atom stereocenters. The molecule has 3 rings (SSSR count). The van der Waals surface area contributed by atoms with Crippen LogP contribution >= 0.6 is 11.3 Å². The van der Waals surface area contributed by atoms with Gasteiger partial charge in [-0.3, -0.25) is 4.79 Å². The highest BCUT2D eigenvalue weighted by Gasteiger charge is 2.33. The third-order valence-electron chi connectivity index (χ3n) is 4.93. The maximum atomic E-state index is 12.7. The first kappa shape index (κ1) is 18.8. The summed E-state index contributed by atoms with van der Waals surface area (Å²) in [5, 5.41) is 2.96. The van der Waals surface area contributed by atoms with Crippen molar-refractivity contribution < 1.29 is 17.9 Å². The van der Waals surface area contributed by atoms with Gasteiger partial charge < -0.3 is 10.1 Å².